The monoisotopic (exact) mass is 415 g/mol. The maximum absolute atomic E-state index is 13.0. The summed E-state index contributed by atoms with van der Waals surface area (Å²) in [5.41, 5.74) is 3.23. The first-order chi connectivity index (χ1) is 15.1. The van der Waals surface area contributed by atoms with Crippen LogP contribution in [-0.4, -0.2) is 24.4 Å². The highest BCUT2D eigenvalue weighted by Gasteiger charge is 2.23. The topological polar surface area (TPSA) is 64.6 Å². The molecule has 0 saturated carbocycles. The molecule has 0 saturated heterocycles. The number of benzene rings is 3. The highest BCUT2D eigenvalue weighted by atomic mass is 16.5. The van der Waals surface area contributed by atoms with E-state index in [1.165, 1.54) is 0 Å². The number of carbonyl (C=O) groups excluding carboxylic acids is 2. The first kappa shape index (κ1) is 20.7. The molecular weight excluding hydrogens is 390 g/mol. The number of carbonyl (C=O) groups is 2. The molecule has 0 fully saturated rings. The van der Waals surface area contributed by atoms with Crippen molar-refractivity contribution in [3.05, 3.63) is 94.5 Å². The third-order valence-electron chi connectivity index (χ3n) is 5.27. The fourth-order valence-corrected chi connectivity index (χ4v) is 3.80. The number of ether oxygens (including phenoxy) is 2. The molecule has 0 spiro atoms. The van der Waals surface area contributed by atoms with E-state index < -0.39 is 0 Å². The van der Waals surface area contributed by atoms with E-state index in [0.29, 0.717) is 23.3 Å². The number of amides is 1. The standard InChI is InChI=1S/C26H25NO4/c1-3-30-23-14-19-13-17(2)31-24(19)15-20(23)16-27-26(29)22-12-8-7-11-21(22)25(28)18-9-5-4-6-10-18/h4-12,14-15,17H,3,13,16H2,1-2H3,(H,27,29). The highest BCUT2D eigenvalue weighted by molar-refractivity contribution is 6.15. The van der Waals surface area contributed by atoms with Crippen LogP contribution in [0.4, 0.5) is 0 Å². The zero-order valence-corrected chi connectivity index (χ0v) is 17.7. The predicted octanol–water partition coefficient (Wildman–Crippen LogP) is 4.57. The molecule has 5 nitrogen and oxygen atoms in total. The zero-order chi connectivity index (χ0) is 21.8. The molecule has 3 aromatic rings. The smallest absolute Gasteiger partial charge is 0.252 e. The second-order valence-corrected chi connectivity index (χ2v) is 7.56. The van der Waals surface area contributed by atoms with Gasteiger partial charge in [-0.1, -0.05) is 48.5 Å². The van der Waals surface area contributed by atoms with Crippen LogP contribution in [0.1, 0.15) is 51.3 Å². The molecule has 1 atom stereocenters. The molecule has 158 valence electrons. The molecule has 1 aliphatic heterocycles. The Hall–Kier alpha value is -3.60. The van der Waals surface area contributed by atoms with E-state index in [1.807, 2.05) is 44.2 Å². The van der Waals surface area contributed by atoms with Gasteiger partial charge in [0.2, 0.25) is 0 Å². The van der Waals surface area contributed by atoms with Crippen LogP contribution in [0.5, 0.6) is 11.5 Å². The van der Waals surface area contributed by atoms with Gasteiger partial charge in [0, 0.05) is 35.2 Å². The van der Waals surface area contributed by atoms with Gasteiger partial charge in [0.1, 0.15) is 17.6 Å². The zero-order valence-electron chi connectivity index (χ0n) is 17.7. The summed E-state index contributed by atoms with van der Waals surface area (Å²) < 4.78 is 11.7. The summed E-state index contributed by atoms with van der Waals surface area (Å²) in [6.45, 7) is 4.76. The molecule has 1 aliphatic rings. The third kappa shape index (κ3) is 4.45. The van der Waals surface area contributed by atoms with Crippen LogP contribution in [-0.2, 0) is 13.0 Å². The molecule has 1 unspecified atom stereocenters. The fourth-order valence-electron chi connectivity index (χ4n) is 3.80. The lowest BCUT2D eigenvalue weighted by molar-refractivity contribution is 0.0939. The summed E-state index contributed by atoms with van der Waals surface area (Å²) in [5.74, 6) is 1.09. The molecule has 3 aromatic carbocycles. The highest BCUT2D eigenvalue weighted by Crippen LogP contribution is 2.35. The number of nitrogens with one attached hydrogen (secondary N) is 1. The van der Waals surface area contributed by atoms with Gasteiger partial charge in [0.25, 0.3) is 5.91 Å². The second-order valence-electron chi connectivity index (χ2n) is 7.56. The van der Waals surface area contributed by atoms with E-state index in [1.54, 1.807) is 36.4 Å². The Morgan fingerprint density at radius 3 is 2.48 bits per heavy atom. The maximum atomic E-state index is 13.0. The van der Waals surface area contributed by atoms with E-state index in [0.717, 1.165) is 29.0 Å². The summed E-state index contributed by atoms with van der Waals surface area (Å²) in [5, 5.41) is 2.94. The average Bonchev–Trinajstić information content (AvgIpc) is 3.16. The Morgan fingerprint density at radius 1 is 1.03 bits per heavy atom. The van der Waals surface area contributed by atoms with Gasteiger partial charge >= 0.3 is 0 Å². The van der Waals surface area contributed by atoms with Crippen molar-refractivity contribution in [1.82, 2.24) is 5.32 Å². The summed E-state index contributed by atoms with van der Waals surface area (Å²) in [7, 11) is 0. The van der Waals surface area contributed by atoms with Crippen molar-refractivity contribution in [1.29, 1.82) is 0 Å². The van der Waals surface area contributed by atoms with Gasteiger partial charge in [0.05, 0.1) is 12.2 Å². The van der Waals surface area contributed by atoms with Crippen LogP contribution in [0, 0.1) is 0 Å². The minimum absolute atomic E-state index is 0.130. The van der Waals surface area contributed by atoms with Gasteiger partial charge < -0.3 is 14.8 Å². The molecule has 1 N–H and O–H groups in total. The van der Waals surface area contributed by atoms with Crippen LogP contribution in [0.2, 0.25) is 0 Å². The lowest BCUT2D eigenvalue weighted by atomic mass is 9.98. The molecule has 5 heteroatoms. The van der Waals surface area contributed by atoms with Gasteiger partial charge in [-0.15, -0.1) is 0 Å². The largest absolute Gasteiger partial charge is 0.494 e. The van der Waals surface area contributed by atoms with Crippen LogP contribution in [0.25, 0.3) is 0 Å². The molecule has 1 heterocycles. The van der Waals surface area contributed by atoms with Crippen molar-refractivity contribution in [3.8, 4) is 11.5 Å². The van der Waals surface area contributed by atoms with E-state index in [2.05, 4.69) is 5.32 Å². The van der Waals surface area contributed by atoms with Gasteiger partial charge in [-0.2, -0.15) is 0 Å². The molecule has 0 bridgehead atoms. The molecule has 0 aromatic heterocycles. The SMILES string of the molecule is CCOc1cc2c(cc1CNC(=O)c1ccccc1C(=O)c1ccccc1)OC(C)C2. The third-order valence-corrected chi connectivity index (χ3v) is 5.27. The van der Waals surface area contributed by atoms with Gasteiger partial charge in [0.15, 0.2) is 5.78 Å². The molecule has 4 rings (SSSR count). The second kappa shape index (κ2) is 9.04. The quantitative estimate of drug-likeness (QED) is 0.574. The Bertz CT molecular complexity index is 1110. The molecule has 0 aliphatic carbocycles. The predicted molar refractivity (Wildman–Crippen MR) is 119 cm³/mol. The van der Waals surface area contributed by atoms with Crippen molar-refractivity contribution in [2.24, 2.45) is 0 Å². The Balaban J connectivity index is 1.55. The van der Waals surface area contributed by atoms with Gasteiger partial charge in [-0.05, 0) is 32.0 Å². The van der Waals surface area contributed by atoms with Crippen molar-refractivity contribution in [3.63, 3.8) is 0 Å². The van der Waals surface area contributed by atoms with Crippen molar-refractivity contribution >= 4 is 11.7 Å². The maximum Gasteiger partial charge on any atom is 0.252 e. The van der Waals surface area contributed by atoms with Crippen LogP contribution in [0.3, 0.4) is 0 Å². The normalized spacial score (nSPS) is 14.5. The number of ketones is 1. The van der Waals surface area contributed by atoms with Crippen molar-refractivity contribution in [2.45, 2.75) is 32.9 Å². The first-order valence-electron chi connectivity index (χ1n) is 10.5. The van der Waals surface area contributed by atoms with Crippen LogP contribution < -0.4 is 14.8 Å². The van der Waals surface area contributed by atoms with E-state index in [4.69, 9.17) is 9.47 Å². The lowest BCUT2D eigenvalue weighted by Gasteiger charge is -2.14. The summed E-state index contributed by atoms with van der Waals surface area (Å²) in [6.07, 6.45) is 0.974. The summed E-state index contributed by atoms with van der Waals surface area (Å²) >= 11 is 0. The van der Waals surface area contributed by atoms with Crippen LogP contribution in [0.15, 0.2) is 66.7 Å². The van der Waals surface area contributed by atoms with Crippen LogP contribution >= 0.6 is 0 Å². The Labute approximate surface area is 182 Å². The fraction of sp³-hybridized carbons (Fsp3) is 0.231. The van der Waals surface area contributed by atoms with Crippen molar-refractivity contribution in [2.75, 3.05) is 6.61 Å². The Kier molecular flexibility index (Phi) is 6.03. The number of fused-ring (bicyclic) bond motifs is 1. The average molecular weight is 415 g/mol. The summed E-state index contributed by atoms with van der Waals surface area (Å²) in [6, 6.07) is 19.8. The number of hydrogen-bond donors (Lipinski definition) is 1. The minimum atomic E-state index is -0.308. The minimum Gasteiger partial charge on any atom is -0.494 e. The lowest BCUT2D eigenvalue weighted by Crippen LogP contribution is -2.25. The van der Waals surface area contributed by atoms with E-state index in [-0.39, 0.29) is 24.3 Å². The van der Waals surface area contributed by atoms with E-state index >= 15 is 0 Å². The number of hydrogen-bond acceptors (Lipinski definition) is 4. The molecular formula is C26H25NO4. The molecule has 0 radical (unpaired) electrons. The van der Waals surface area contributed by atoms with Gasteiger partial charge in [-0.3, -0.25) is 9.59 Å². The first-order valence-corrected chi connectivity index (χ1v) is 10.5. The van der Waals surface area contributed by atoms with Crippen molar-refractivity contribution < 1.29 is 19.1 Å². The number of rotatable bonds is 7. The summed E-state index contributed by atoms with van der Waals surface area (Å²) in [4.78, 5) is 25.9. The molecule has 1 amide bonds. The Morgan fingerprint density at radius 2 is 1.74 bits per heavy atom. The molecule has 31 heavy (non-hydrogen) atoms. The van der Waals surface area contributed by atoms with Gasteiger partial charge in [-0.25, -0.2) is 0 Å². The van der Waals surface area contributed by atoms with E-state index in [9.17, 15) is 9.59 Å².